The van der Waals surface area contributed by atoms with Gasteiger partial charge in [0.25, 0.3) is 0 Å². The van der Waals surface area contributed by atoms with Crippen LogP contribution in [-0.2, 0) is 17.6 Å². The van der Waals surface area contributed by atoms with Gasteiger partial charge in [0, 0.05) is 49.3 Å². The quantitative estimate of drug-likeness (QED) is 0.143. The summed E-state index contributed by atoms with van der Waals surface area (Å²) in [4.78, 5) is 9.12. The lowest BCUT2D eigenvalue weighted by Crippen LogP contribution is -2.27. The van der Waals surface area contributed by atoms with E-state index in [-0.39, 0.29) is 57.2 Å². The minimum Gasteiger partial charge on any atom is -0.772 e. The second-order valence-electron chi connectivity index (χ2n) is 13.5. The van der Waals surface area contributed by atoms with E-state index in [9.17, 15) is 40.2 Å². The van der Waals surface area contributed by atoms with Crippen molar-refractivity contribution in [3.63, 3.8) is 0 Å². The van der Waals surface area contributed by atoms with E-state index in [0.29, 0.717) is 71.1 Å². The number of halogens is 6. The zero-order valence-electron chi connectivity index (χ0n) is 27.3. The van der Waals surface area contributed by atoms with Crippen LogP contribution in [0.4, 0.5) is 26.3 Å². The molecule has 4 aromatic heterocycles. The van der Waals surface area contributed by atoms with Crippen molar-refractivity contribution < 1.29 is 40.2 Å². The number of aromatic nitrogens is 6. The third-order valence-corrected chi connectivity index (χ3v) is 11.0. The van der Waals surface area contributed by atoms with Crippen LogP contribution < -0.4 is 11.1 Å². The van der Waals surface area contributed by atoms with Crippen LogP contribution >= 0.6 is 0 Å². The van der Waals surface area contributed by atoms with Crippen LogP contribution in [0.1, 0.15) is 109 Å². The number of rotatable bonds is 10. The van der Waals surface area contributed by atoms with Crippen molar-refractivity contribution in [3.05, 3.63) is 58.4 Å². The highest BCUT2D eigenvalue weighted by molar-refractivity contribution is 7.79. The molecule has 2 unspecified atom stereocenters. The van der Waals surface area contributed by atoms with Gasteiger partial charge < -0.3 is 20.7 Å². The van der Waals surface area contributed by atoms with E-state index in [1.54, 1.807) is 31.2 Å². The summed E-state index contributed by atoms with van der Waals surface area (Å²) < 4.78 is 107. The molecule has 0 aliphatic heterocycles. The fourth-order valence-corrected chi connectivity index (χ4v) is 7.95. The topological polar surface area (TPSA) is 159 Å². The number of nitrogens with zero attached hydrogens (tertiary/aromatic N) is 6. The second kappa shape index (κ2) is 14.4. The van der Waals surface area contributed by atoms with Gasteiger partial charge in [-0.1, -0.05) is 0 Å². The molecule has 0 aromatic carbocycles. The molecule has 0 saturated heterocycles. The minimum absolute atomic E-state index is 0.00584. The highest BCUT2D eigenvalue weighted by Crippen LogP contribution is 2.44. The molecule has 2 saturated carbocycles. The molecule has 4 aromatic rings. The molecule has 2 aliphatic carbocycles. The molecule has 11 nitrogen and oxygen atoms in total. The molecule has 6 rings (SSSR count). The summed E-state index contributed by atoms with van der Waals surface area (Å²) in [5, 5.41) is 21.9. The Morgan fingerprint density at radius 1 is 0.860 bits per heavy atom. The van der Waals surface area contributed by atoms with Gasteiger partial charge >= 0.3 is 12.4 Å². The first kappa shape index (κ1) is 36.6. The van der Waals surface area contributed by atoms with Crippen LogP contribution in [0.3, 0.4) is 0 Å². The number of nitrogens with two attached hydrogens (primary N) is 1. The Balaban J connectivity index is 1.19. The Morgan fingerprint density at radius 3 is 1.84 bits per heavy atom. The van der Waals surface area contributed by atoms with E-state index in [4.69, 9.17) is 5.73 Å². The van der Waals surface area contributed by atoms with Gasteiger partial charge in [-0.3, -0.25) is 4.21 Å². The third-order valence-electron chi connectivity index (χ3n) is 10.1. The van der Waals surface area contributed by atoms with Gasteiger partial charge in [-0.25, -0.2) is 19.0 Å². The van der Waals surface area contributed by atoms with E-state index in [0.717, 1.165) is 0 Å². The fraction of sp³-hybridized carbons (Fsp3) is 0.625. The number of fused-ring (bicyclic) bond motifs is 2. The number of aliphatic hydroxyl groups is 1. The Labute approximate surface area is 286 Å². The Morgan fingerprint density at radius 2 is 1.36 bits per heavy atom. The van der Waals surface area contributed by atoms with Gasteiger partial charge in [-0.2, -0.15) is 36.5 Å². The number of aliphatic hydroxyl groups excluding tert-OH is 1. The lowest BCUT2D eigenvalue weighted by Gasteiger charge is -2.28. The van der Waals surface area contributed by atoms with Crippen molar-refractivity contribution in [2.24, 2.45) is 17.6 Å². The van der Waals surface area contributed by atoms with Crippen molar-refractivity contribution in [2.45, 2.75) is 100 Å². The minimum atomic E-state index is -4.23. The lowest BCUT2D eigenvalue weighted by molar-refractivity contribution is -0.183. The number of hydrogen-bond donors (Lipinski definition) is 3. The van der Waals surface area contributed by atoms with Crippen molar-refractivity contribution in [3.8, 4) is 0 Å². The van der Waals surface area contributed by atoms with Crippen LogP contribution in [0.5, 0.6) is 0 Å². The van der Waals surface area contributed by atoms with Crippen LogP contribution in [0.15, 0.2) is 24.3 Å². The zero-order chi connectivity index (χ0) is 36.0. The van der Waals surface area contributed by atoms with E-state index in [1.165, 1.54) is 9.03 Å². The molecule has 0 spiro atoms. The van der Waals surface area contributed by atoms with Gasteiger partial charge in [0.1, 0.15) is 6.10 Å². The van der Waals surface area contributed by atoms with Crippen LogP contribution in [0.25, 0.3) is 11.3 Å². The van der Waals surface area contributed by atoms with Crippen LogP contribution in [0.2, 0.25) is 0 Å². The fourth-order valence-electron chi connectivity index (χ4n) is 7.33. The molecule has 4 N–H and O–H groups in total. The molecular formula is C32H39F6N8O3S-. The number of hydrogen-bond acceptors (Lipinski definition) is 9. The van der Waals surface area contributed by atoms with Crippen LogP contribution in [-0.4, -0.2) is 68.5 Å². The van der Waals surface area contributed by atoms with Gasteiger partial charge in [0.15, 0.2) is 11.3 Å². The number of nitrogens with one attached hydrogen (secondary N) is 1. The highest BCUT2D eigenvalue weighted by Gasteiger charge is 2.43. The van der Waals surface area contributed by atoms with E-state index in [2.05, 4.69) is 25.5 Å². The molecule has 4 heterocycles. The maximum atomic E-state index is 13.2. The number of aryl methyl sites for hydroxylation is 1. The molecule has 0 amide bonds. The van der Waals surface area contributed by atoms with Crippen molar-refractivity contribution >= 4 is 22.4 Å². The predicted molar refractivity (Wildman–Crippen MR) is 170 cm³/mol. The SMILES string of the molecule is Cc1cc(C(CNCc2cc([C@H](O)CN)n3nc(C4CCC(C(F)(F)F)CC4)cc3n2)S(=O)[O-])n2nc(C3CCC(C(F)(F)F)CC3)cc2n1. The normalized spacial score (nSPS) is 24.1. The molecule has 50 heavy (non-hydrogen) atoms. The molecule has 0 bridgehead atoms. The monoisotopic (exact) mass is 729 g/mol. The first-order valence-corrected chi connectivity index (χ1v) is 17.8. The van der Waals surface area contributed by atoms with Gasteiger partial charge in [0.05, 0.1) is 45.6 Å². The second-order valence-corrected chi connectivity index (χ2v) is 14.6. The van der Waals surface area contributed by atoms with E-state index in [1.807, 2.05) is 0 Å². The summed E-state index contributed by atoms with van der Waals surface area (Å²) in [6, 6.07) is 6.62. The summed E-state index contributed by atoms with van der Waals surface area (Å²) in [7, 11) is 0. The first-order chi connectivity index (χ1) is 23.6. The van der Waals surface area contributed by atoms with Crippen molar-refractivity contribution in [1.29, 1.82) is 0 Å². The molecule has 2 fully saturated rings. The Kier molecular flexibility index (Phi) is 10.6. The Hall–Kier alpha value is -3.19. The standard InChI is InChI=1S/C32H40F6N8O3S/c1-17-10-26(46-29(41-17)12-23(44-46)18-2-6-20(7-3-18)31(33,34)35)28(50(48)49)16-40-15-22-11-25(27(47)14-39)45-30(42-22)13-24(43-45)19-4-8-21(9-5-19)32(36,37)38/h10-13,18-21,27-28,40,47H,2-9,14-16,39H2,1H3,(H,48,49)/p-1/t18?,19?,20?,21?,27-,28?/m1/s1. The smallest absolute Gasteiger partial charge is 0.391 e. The average molecular weight is 730 g/mol. The summed E-state index contributed by atoms with van der Waals surface area (Å²) in [5.74, 6) is -3.05. The molecular weight excluding hydrogens is 690 g/mol. The molecule has 2 aliphatic rings. The lowest BCUT2D eigenvalue weighted by atomic mass is 9.80. The molecule has 0 radical (unpaired) electrons. The predicted octanol–water partition coefficient (Wildman–Crippen LogP) is 5.45. The van der Waals surface area contributed by atoms with E-state index >= 15 is 0 Å². The van der Waals surface area contributed by atoms with Gasteiger partial charge in [-0.05, 0) is 81.5 Å². The van der Waals surface area contributed by atoms with Crippen LogP contribution in [0, 0.1) is 18.8 Å². The van der Waals surface area contributed by atoms with Crippen molar-refractivity contribution in [1.82, 2.24) is 34.5 Å². The molecule has 18 heteroatoms. The average Bonchev–Trinajstić information content (AvgIpc) is 3.70. The highest BCUT2D eigenvalue weighted by atomic mass is 32.2. The zero-order valence-corrected chi connectivity index (χ0v) is 28.1. The summed E-state index contributed by atoms with van der Waals surface area (Å²) >= 11 is -2.62. The van der Waals surface area contributed by atoms with Crippen molar-refractivity contribution in [2.75, 3.05) is 13.1 Å². The number of alkyl halides is 6. The summed E-state index contributed by atoms with van der Waals surface area (Å²) in [6.07, 6.45) is -8.26. The molecule has 274 valence electrons. The van der Waals surface area contributed by atoms with Gasteiger partial charge in [-0.15, -0.1) is 0 Å². The Bertz CT molecular complexity index is 1830. The van der Waals surface area contributed by atoms with E-state index < -0.39 is 46.6 Å². The summed E-state index contributed by atoms with van der Waals surface area (Å²) in [5.41, 5.74) is 9.38. The molecule has 3 atom stereocenters. The maximum absolute atomic E-state index is 13.2. The summed E-state index contributed by atoms with van der Waals surface area (Å²) in [6.45, 7) is 1.62. The third kappa shape index (κ3) is 7.83. The maximum Gasteiger partial charge on any atom is 0.391 e. The largest absolute Gasteiger partial charge is 0.772 e. The first-order valence-electron chi connectivity index (χ1n) is 16.7. The van der Waals surface area contributed by atoms with Gasteiger partial charge in [0.2, 0.25) is 0 Å².